The molecule has 0 radical (unpaired) electrons. The maximum Gasteiger partial charge on any atom is 0.233 e. The molecule has 0 saturated carbocycles. The Hall–Kier alpha value is -1.70. The monoisotopic (exact) mass is 498 g/mol. The maximum absolute atomic E-state index is 15.4. The van der Waals surface area contributed by atoms with Gasteiger partial charge in [0.1, 0.15) is 5.82 Å². The van der Waals surface area contributed by atoms with Crippen LogP contribution in [-0.4, -0.2) is 87.3 Å². The molecular formula is C29H43FN4O2. The molecule has 5 fully saturated rings. The molecule has 0 bridgehead atoms. The van der Waals surface area contributed by atoms with Crippen LogP contribution in [0.15, 0.2) is 18.2 Å². The maximum atomic E-state index is 15.4. The predicted octanol–water partition coefficient (Wildman–Crippen LogP) is 4.14. The number of benzene rings is 1. The fourth-order valence-electron chi connectivity index (χ4n) is 7.44. The van der Waals surface area contributed by atoms with Crippen molar-refractivity contribution < 1.29 is 13.9 Å². The van der Waals surface area contributed by atoms with E-state index in [4.69, 9.17) is 4.74 Å². The minimum Gasteiger partial charge on any atom is -0.381 e. The van der Waals surface area contributed by atoms with Gasteiger partial charge in [0, 0.05) is 51.1 Å². The van der Waals surface area contributed by atoms with Crippen LogP contribution in [0.2, 0.25) is 0 Å². The minimum absolute atomic E-state index is 0.145. The van der Waals surface area contributed by atoms with E-state index in [1.165, 1.54) is 32.4 Å². The normalized spacial score (nSPS) is 28.5. The first kappa shape index (κ1) is 24.6. The molecule has 7 heteroatoms. The average Bonchev–Trinajstić information content (AvgIpc) is 3.53. The topological polar surface area (TPSA) is 39.3 Å². The number of anilines is 2. The minimum atomic E-state index is -0.298. The summed E-state index contributed by atoms with van der Waals surface area (Å²) in [4.78, 5) is 22.8. The Morgan fingerprint density at radius 1 is 0.917 bits per heavy atom. The number of carbonyl (C=O) groups excluding carboxylic acids is 1. The van der Waals surface area contributed by atoms with Crippen molar-refractivity contribution in [3.8, 4) is 0 Å². The number of nitrogens with zero attached hydrogens (tertiary/aromatic N) is 4. The van der Waals surface area contributed by atoms with Gasteiger partial charge in [0.2, 0.25) is 5.91 Å². The van der Waals surface area contributed by atoms with Gasteiger partial charge in [0.25, 0.3) is 0 Å². The van der Waals surface area contributed by atoms with Crippen molar-refractivity contribution in [3.05, 3.63) is 24.0 Å². The summed E-state index contributed by atoms with van der Waals surface area (Å²) in [6.45, 7) is 9.87. The first-order chi connectivity index (χ1) is 17.6. The molecular weight excluding hydrogens is 455 g/mol. The van der Waals surface area contributed by atoms with Gasteiger partial charge in [-0.1, -0.05) is 6.42 Å². The Balaban J connectivity index is 1.06. The SMILES string of the molecule is O=C1N(c2ccc(N3CC[C@H](N4CCCCC4)C3)cc2F)CCC12CCN(CC1CCOCC1)CC2. The quantitative estimate of drug-likeness (QED) is 0.610. The number of hydrogen-bond acceptors (Lipinski definition) is 5. The third-order valence-electron chi connectivity index (χ3n) is 9.84. The summed E-state index contributed by atoms with van der Waals surface area (Å²) in [6.07, 6.45) is 10.1. The number of carbonyl (C=O) groups is 1. The van der Waals surface area contributed by atoms with Crippen molar-refractivity contribution >= 4 is 17.3 Å². The molecule has 5 aliphatic rings. The summed E-state index contributed by atoms with van der Waals surface area (Å²) < 4.78 is 20.9. The zero-order valence-electron chi connectivity index (χ0n) is 21.8. The first-order valence-electron chi connectivity index (χ1n) is 14.5. The van der Waals surface area contributed by atoms with Gasteiger partial charge in [-0.25, -0.2) is 4.39 Å². The predicted molar refractivity (Wildman–Crippen MR) is 141 cm³/mol. The van der Waals surface area contributed by atoms with Crippen LogP contribution in [0.1, 0.15) is 57.8 Å². The van der Waals surface area contributed by atoms with Crippen molar-refractivity contribution in [1.82, 2.24) is 9.80 Å². The van der Waals surface area contributed by atoms with Gasteiger partial charge in [-0.05, 0) is 102 Å². The number of hydrogen-bond donors (Lipinski definition) is 0. The van der Waals surface area contributed by atoms with Crippen LogP contribution in [0.25, 0.3) is 0 Å². The zero-order valence-corrected chi connectivity index (χ0v) is 21.8. The molecule has 0 aromatic heterocycles. The summed E-state index contributed by atoms with van der Waals surface area (Å²) in [6, 6.07) is 6.15. The summed E-state index contributed by atoms with van der Waals surface area (Å²) >= 11 is 0. The Morgan fingerprint density at radius 3 is 2.42 bits per heavy atom. The molecule has 5 saturated heterocycles. The zero-order chi connectivity index (χ0) is 24.5. The molecule has 1 aromatic carbocycles. The van der Waals surface area contributed by atoms with Gasteiger partial charge >= 0.3 is 0 Å². The largest absolute Gasteiger partial charge is 0.381 e. The Morgan fingerprint density at radius 2 is 1.67 bits per heavy atom. The first-order valence-corrected chi connectivity index (χ1v) is 14.5. The number of halogens is 1. The van der Waals surface area contributed by atoms with Crippen LogP contribution in [-0.2, 0) is 9.53 Å². The van der Waals surface area contributed by atoms with E-state index in [1.54, 1.807) is 11.0 Å². The van der Waals surface area contributed by atoms with Crippen LogP contribution in [0.4, 0.5) is 15.8 Å². The highest BCUT2D eigenvalue weighted by Crippen LogP contribution is 2.44. The van der Waals surface area contributed by atoms with Gasteiger partial charge < -0.3 is 19.4 Å². The van der Waals surface area contributed by atoms with Crippen LogP contribution in [0.3, 0.4) is 0 Å². The molecule has 1 atom stereocenters. The van der Waals surface area contributed by atoms with E-state index < -0.39 is 0 Å². The lowest BCUT2D eigenvalue weighted by Gasteiger charge is -2.39. The van der Waals surface area contributed by atoms with E-state index in [9.17, 15) is 4.79 Å². The van der Waals surface area contributed by atoms with E-state index in [-0.39, 0.29) is 17.1 Å². The average molecular weight is 499 g/mol. The van der Waals surface area contributed by atoms with Gasteiger partial charge in [0.15, 0.2) is 0 Å². The summed E-state index contributed by atoms with van der Waals surface area (Å²) in [7, 11) is 0. The molecule has 5 aliphatic heterocycles. The van der Waals surface area contributed by atoms with E-state index >= 15 is 4.39 Å². The lowest BCUT2D eigenvalue weighted by molar-refractivity contribution is -0.128. The van der Waals surface area contributed by atoms with Crippen molar-refractivity contribution in [3.63, 3.8) is 0 Å². The fourth-order valence-corrected chi connectivity index (χ4v) is 7.44. The molecule has 6 nitrogen and oxygen atoms in total. The second-order valence-corrected chi connectivity index (χ2v) is 12.0. The van der Waals surface area contributed by atoms with Crippen LogP contribution in [0.5, 0.6) is 0 Å². The lowest BCUT2D eigenvalue weighted by atomic mass is 9.77. The fraction of sp³-hybridized carbons (Fsp3) is 0.759. The highest BCUT2D eigenvalue weighted by atomic mass is 19.1. The van der Waals surface area contributed by atoms with Gasteiger partial charge in [-0.3, -0.25) is 9.69 Å². The number of rotatable bonds is 5. The number of ether oxygens (including phenoxy) is 1. The molecule has 198 valence electrons. The molecule has 0 unspecified atom stereocenters. The van der Waals surface area contributed by atoms with Crippen molar-refractivity contribution in [2.45, 2.75) is 63.8 Å². The standard InChI is InChI=1S/C29H43FN4O2/c30-26-20-24(33-14-6-25(22-33)32-12-2-1-3-13-32)4-5-27(26)34-17-11-29(28(34)35)9-15-31(16-10-29)21-23-7-18-36-19-8-23/h4-5,20,23,25H,1-3,6-19,21-22H2/t25-/m0/s1. The van der Waals surface area contributed by atoms with Crippen molar-refractivity contribution in [2.75, 3.05) is 75.4 Å². The number of piperidine rings is 2. The van der Waals surface area contributed by atoms with Gasteiger partial charge in [-0.15, -0.1) is 0 Å². The summed E-state index contributed by atoms with van der Waals surface area (Å²) in [5.74, 6) is 0.615. The third kappa shape index (κ3) is 4.91. The van der Waals surface area contributed by atoms with Crippen LogP contribution in [0, 0.1) is 17.2 Å². The Kier molecular flexibility index (Phi) is 7.24. The molecule has 0 aliphatic carbocycles. The molecule has 0 N–H and O–H groups in total. The van der Waals surface area contributed by atoms with E-state index in [1.807, 2.05) is 12.1 Å². The number of amides is 1. The van der Waals surface area contributed by atoms with Gasteiger partial charge in [-0.2, -0.15) is 0 Å². The molecule has 36 heavy (non-hydrogen) atoms. The van der Waals surface area contributed by atoms with Crippen molar-refractivity contribution in [1.29, 1.82) is 0 Å². The second-order valence-electron chi connectivity index (χ2n) is 12.0. The van der Waals surface area contributed by atoms with E-state index in [2.05, 4.69) is 14.7 Å². The van der Waals surface area contributed by atoms with E-state index in [0.717, 1.165) is 96.1 Å². The van der Waals surface area contributed by atoms with E-state index in [0.29, 0.717) is 18.3 Å². The molecule has 1 spiro atoms. The molecule has 6 rings (SSSR count). The van der Waals surface area contributed by atoms with Crippen molar-refractivity contribution in [2.24, 2.45) is 11.3 Å². The molecule has 1 aromatic rings. The lowest BCUT2D eigenvalue weighted by Crippen LogP contribution is -2.46. The number of likely N-dealkylation sites (tertiary alicyclic amines) is 2. The summed E-state index contributed by atoms with van der Waals surface area (Å²) in [5, 5.41) is 0. The van der Waals surface area contributed by atoms with Crippen LogP contribution < -0.4 is 9.80 Å². The van der Waals surface area contributed by atoms with Crippen LogP contribution >= 0.6 is 0 Å². The smallest absolute Gasteiger partial charge is 0.233 e. The highest BCUT2D eigenvalue weighted by Gasteiger charge is 2.49. The molecule has 5 heterocycles. The molecule has 1 amide bonds. The Labute approximate surface area is 215 Å². The Bertz CT molecular complexity index is 922. The van der Waals surface area contributed by atoms with Gasteiger partial charge in [0.05, 0.1) is 11.1 Å². The third-order valence-corrected chi connectivity index (χ3v) is 9.84. The summed E-state index contributed by atoms with van der Waals surface area (Å²) in [5.41, 5.74) is 1.13. The second kappa shape index (κ2) is 10.6. The highest BCUT2D eigenvalue weighted by molar-refractivity contribution is 6.00.